The summed E-state index contributed by atoms with van der Waals surface area (Å²) in [5.41, 5.74) is 1.64. The summed E-state index contributed by atoms with van der Waals surface area (Å²) in [6.07, 6.45) is 5.64. The number of aliphatic hydroxyl groups is 1. The predicted molar refractivity (Wildman–Crippen MR) is 97.6 cm³/mol. The number of hydrogen-bond donors (Lipinski definition) is 1. The number of pyridine rings is 1. The molecule has 2 aliphatic rings. The molecule has 3 heterocycles. The van der Waals surface area contributed by atoms with Gasteiger partial charge in [0.05, 0.1) is 11.7 Å². The molecule has 2 fully saturated rings. The van der Waals surface area contributed by atoms with Gasteiger partial charge in [-0.2, -0.15) is 0 Å². The van der Waals surface area contributed by atoms with Crippen molar-refractivity contribution in [2.45, 2.75) is 38.3 Å². The van der Waals surface area contributed by atoms with Gasteiger partial charge in [-0.05, 0) is 58.0 Å². The first kappa shape index (κ1) is 18.3. The summed E-state index contributed by atoms with van der Waals surface area (Å²) >= 11 is 0. The van der Waals surface area contributed by atoms with Gasteiger partial charge in [0.15, 0.2) is 0 Å². The van der Waals surface area contributed by atoms with Crippen molar-refractivity contribution in [3.8, 4) is 0 Å². The average Bonchev–Trinajstić information content (AvgIpc) is 2.92. The molecule has 6 nitrogen and oxygen atoms in total. The average molecular weight is 346 g/mol. The van der Waals surface area contributed by atoms with E-state index in [9.17, 15) is 9.90 Å². The number of likely N-dealkylation sites (N-methyl/N-ethyl adjacent to an activating group) is 1. The highest BCUT2D eigenvalue weighted by Crippen LogP contribution is 2.20. The normalized spacial score (nSPS) is 26.9. The van der Waals surface area contributed by atoms with Gasteiger partial charge in [0.25, 0.3) is 5.91 Å². The van der Waals surface area contributed by atoms with Crippen LogP contribution in [0.15, 0.2) is 18.5 Å². The number of rotatable bonds is 2. The first-order valence-corrected chi connectivity index (χ1v) is 9.36. The fourth-order valence-corrected chi connectivity index (χ4v) is 3.95. The van der Waals surface area contributed by atoms with E-state index in [4.69, 9.17) is 0 Å². The lowest BCUT2D eigenvalue weighted by atomic mass is 10.0. The van der Waals surface area contributed by atoms with Gasteiger partial charge in [-0.3, -0.25) is 14.7 Å². The molecule has 0 saturated carbocycles. The lowest BCUT2D eigenvalue weighted by Gasteiger charge is -2.32. The maximum Gasteiger partial charge on any atom is 0.255 e. The second kappa shape index (κ2) is 8.25. The van der Waals surface area contributed by atoms with E-state index in [1.54, 1.807) is 12.4 Å². The minimum atomic E-state index is -0.364. The summed E-state index contributed by atoms with van der Waals surface area (Å²) < 4.78 is 0. The highest BCUT2D eigenvalue weighted by Gasteiger charge is 2.32. The van der Waals surface area contributed by atoms with Crippen molar-refractivity contribution in [2.75, 3.05) is 46.3 Å². The molecule has 1 amide bonds. The summed E-state index contributed by atoms with van der Waals surface area (Å²) in [5.74, 6) is 0.0275. The first-order chi connectivity index (χ1) is 12.0. The second-order valence-electron chi connectivity index (χ2n) is 7.45. The maximum atomic E-state index is 12.8. The number of likely N-dealkylation sites (tertiary alicyclic amines) is 1. The van der Waals surface area contributed by atoms with Crippen LogP contribution in [-0.2, 0) is 0 Å². The van der Waals surface area contributed by atoms with Crippen molar-refractivity contribution in [3.05, 3.63) is 29.6 Å². The summed E-state index contributed by atoms with van der Waals surface area (Å²) in [5, 5.41) is 10.7. The summed E-state index contributed by atoms with van der Waals surface area (Å²) in [4.78, 5) is 23.6. The largest absolute Gasteiger partial charge is 0.391 e. The quantitative estimate of drug-likeness (QED) is 0.865. The molecule has 1 N–H and O–H groups in total. The standard InChI is InChI=1S/C19H30N4O2/c1-15-12-16(14-20-13-15)19(25)23-8-4-17(18(24)5-9-23)22-7-3-6-21(2)10-11-22/h12-14,17-18,24H,3-11H2,1-2H3/t17-,18-/m0/s1. The van der Waals surface area contributed by atoms with Crippen LogP contribution in [0.2, 0.25) is 0 Å². The zero-order valence-electron chi connectivity index (χ0n) is 15.4. The molecule has 6 heteroatoms. The Morgan fingerprint density at radius 1 is 1.12 bits per heavy atom. The summed E-state index contributed by atoms with van der Waals surface area (Å²) in [6, 6.07) is 2.04. The van der Waals surface area contributed by atoms with Gasteiger partial charge in [0.1, 0.15) is 0 Å². The van der Waals surface area contributed by atoms with Crippen LogP contribution in [-0.4, -0.2) is 89.2 Å². The molecule has 25 heavy (non-hydrogen) atoms. The van der Waals surface area contributed by atoms with Gasteiger partial charge >= 0.3 is 0 Å². The molecule has 138 valence electrons. The highest BCUT2D eigenvalue weighted by molar-refractivity contribution is 5.94. The maximum absolute atomic E-state index is 12.8. The molecule has 1 aromatic heterocycles. The number of aliphatic hydroxyl groups excluding tert-OH is 1. The van der Waals surface area contributed by atoms with Gasteiger partial charge in [-0.25, -0.2) is 0 Å². The Balaban J connectivity index is 1.65. The first-order valence-electron chi connectivity index (χ1n) is 9.36. The molecule has 0 radical (unpaired) electrons. The van der Waals surface area contributed by atoms with Crippen molar-refractivity contribution in [1.82, 2.24) is 19.7 Å². The zero-order valence-corrected chi connectivity index (χ0v) is 15.4. The minimum absolute atomic E-state index is 0.0275. The molecule has 0 unspecified atom stereocenters. The topological polar surface area (TPSA) is 59.9 Å². The summed E-state index contributed by atoms with van der Waals surface area (Å²) in [7, 11) is 2.16. The van der Waals surface area contributed by atoms with Crippen LogP contribution < -0.4 is 0 Å². The van der Waals surface area contributed by atoms with E-state index in [1.165, 1.54) is 0 Å². The fraction of sp³-hybridized carbons (Fsp3) is 0.684. The Hall–Kier alpha value is -1.50. The molecule has 2 saturated heterocycles. The molecule has 0 spiro atoms. The van der Waals surface area contributed by atoms with E-state index in [0.29, 0.717) is 25.1 Å². The third-order valence-electron chi connectivity index (χ3n) is 5.47. The van der Waals surface area contributed by atoms with Crippen LogP contribution in [0.25, 0.3) is 0 Å². The Bertz CT molecular complexity index is 595. The second-order valence-corrected chi connectivity index (χ2v) is 7.45. The lowest BCUT2D eigenvalue weighted by Crippen LogP contribution is -2.45. The third kappa shape index (κ3) is 4.57. The van der Waals surface area contributed by atoms with E-state index in [2.05, 4.69) is 21.8 Å². The Labute approximate surface area is 150 Å². The monoisotopic (exact) mass is 346 g/mol. The Morgan fingerprint density at radius 2 is 1.92 bits per heavy atom. The van der Waals surface area contributed by atoms with Crippen molar-refractivity contribution >= 4 is 5.91 Å². The van der Waals surface area contributed by atoms with Crippen LogP contribution >= 0.6 is 0 Å². The van der Waals surface area contributed by atoms with Crippen molar-refractivity contribution in [3.63, 3.8) is 0 Å². The van der Waals surface area contributed by atoms with E-state index in [1.807, 2.05) is 17.9 Å². The zero-order chi connectivity index (χ0) is 17.8. The van der Waals surface area contributed by atoms with E-state index < -0.39 is 0 Å². The lowest BCUT2D eigenvalue weighted by molar-refractivity contribution is 0.0491. The molecular weight excluding hydrogens is 316 g/mol. The smallest absolute Gasteiger partial charge is 0.255 e. The SMILES string of the molecule is Cc1cncc(C(=O)N2CC[C@H](O)[C@@H](N3CCCN(C)CC3)CC2)c1. The molecule has 2 aliphatic heterocycles. The number of carbonyl (C=O) groups is 1. The minimum Gasteiger partial charge on any atom is -0.391 e. The highest BCUT2D eigenvalue weighted by atomic mass is 16.3. The summed E-state index contributed by atoms with van der Waals surface area (Å²) in [6.45, 7) is 7.43. The fourth-order valence-electron chi connectivity index (χ4n) is 3.95. The van der Waals surface area contributed by atoms with Crippen molar-refractivity contribution < 1.29 is 9.90 Å². The molecule has 1 aromatic rings. The molecule has 2 atom stereocenters. The third-order valence-corrected chi connectivity index (χ3v) is 5.47. The number of hydrogen-bond acceptors (Lipinski definition) is 5. The molecule has 0 bridgehead atoms. The predicted octanol–water partition coefficient (Wildman–Crippen LogP) is 0.993. The van der Waals surface area contributed by atoms with Gasteiger partial charge < -0.3 is 14.9 Å². The van der Waals surface area contributed by atoms with Gasteiger partial charge in [-0.15, -0.1) is 0 Å². The molecule has 3 rings (SSSR count). The van der Waals surface area contributed by atoms with Gasteiger partial charge in [0, 0.05) is 44.6 Å². The Kier molecular flexibility index (Phi) is 6.04. The molecular formula is C19H30N4O2. The van der Waals surface area contributed by atoms with Crippen LogP contribution in [0.3, 0.4) is 0 Å². The number of aryl methyl sites for hydroxylation is 1. The molecule has 0 aliphatic carbocycles. The van der Waals surface area contributed by atoms with Crippen LogP contribution in [0, 0.1) is 6.92 Å². The van der Waals surface area contributed by atoms with E-state index >= 15 is 0 Å². The number of aromatic nitrogens is 1. The number of amides is 1. The molecule has 0 aromatic carbocycles. The van der Waals surface area contributed by atoms with Gasteiger partial charge in [-0.1, -0.05) is 0 Å². The van der Waals surface area contributed by atoms with E-state index in [-0.39, 0.29) is 18.1 Å². The number of nitrogens with zero attached hydrogens (tertiary/aromatic N) is 4. The van der Waals surface area contributed by atoms with Crippen molar-refractivity contribution in [1.29, 1.82) is 0 Å². The number of carbonyl (C=O) groups excluding carboxylic acids is 1. The van der Waals surface area contributed by atoms with Crippen LogP contribution in [0.5, 0.6) is 0 Å². The van der Waals surface area contributed by atoms with Gasteiger partial charge in [0.2, 0.25) is 0 Å². The Morgan fingerprint density at radius 3 is 2.72 bits per heavy atom. The van der Waals surface area contributed by atoms with Crippen LogP contribution in [0.1, 0.15) is 35.2 Å². The van der Waals surface area contributed by atoms with Crippen LogP contribution in [0.4, 0.5) is 0 Å². The van der Waals surface area contributed by atoms with Crippen molar-refractivity contribution in [2.24, 2.45) is 0 Å². The van der Waals surface area contributed by atoms with E-state index in [0.717, 1.165) is 44.6 Å².